The fourth-order valence-corrected chi connectivity index (χ4v) is 2.10. The third kappa shape index (κ3) is 3.44. The van der Waals surface area contributed by atoms with Gasteiger partial charge in [-0.2, -0.15) is 0 Å². The molecule has 0 saturated carbocycles. The number of hydrogen-bond acceptors (Lipinski definition) is 2. The highest BCUT2D eigenvalue weighted by atomic mass is 15.0. The Morgan fingerprint density at radius 3 is 2.79 bits per heavy atom. The minimum Gasteiger partial charge on any atom is -0.340 e. The molecule has 2 heteroatoms. The van der Waals surface area contributed by atoms with Crippen LogP contribution >= 0.6 is 0 Å². The average molecular weight is 252 g/mol. The van der Waals surface area contributed by atoms with Crippen LogP contribution in [0.15, 0.2) is 48.7 Å². The molecule has 2 aromatic rings. The molecule has 0 aliphatic carbocycles. The fraction of sp³-hybridized carbons (Fsp3) is 0.235. The molecule has 0 amide bonds. The molecule has 0 radical (unpaired) electrons. The maximum absolute atomic E-state index is 4.32. The minimum absolute atomic E-state index is 0.874. The molecule has 98 valence electrons. The number of nitrogens with zero attached hydrogens (tertiary/aromatic N) is 1. The Morgan fingerprint density at radius 1 is 1.26 bits per heavy atom. The molecule has 1 aromatic carbocycles. The number of nitrogens with one attached hydrogen (secondary N) is 1. The highest BCUT2D eigenvalue weighted by Gasteiger charge is 2.05. The Bertz CT molecular complexity index is 571. The second kappa shape index (κ2) is 6.19. The molecule has 2 nitrogen and oxygen atoms in total. The third-order valence-electron chi connectivity index (χ3n) is 3.04. The van der Waals surface area contributed by atoms with Crippen LogP contribution in [0.1, 0.15) is 31.4 Å². The lowest BCUT2D eigenvalue weighted by molar-refractivity contribution is 1.22. The van der Waals surface area contributed by atoms with Crippen molar-refractivity contribution >= 4 is 17.1 Å². The quantitative estimate of drug-likeness (QED) is 0.833. The van der Waals surface area contributed by atoms with E-state index in [1.807, 2.05) is 18.2 Å². The second-order valence-electron chi connectivity index (χ2n) is 4.68. The van der Waals surface area contributed by atoms with Crippen molar-refractivity contribution in [2.24, 2.45) is 0 Å². The van der Waals surface area contributed by atoms with Gasteiger partial charge in [0.25, 0.3) is 0 Å². The molecular formula is C17H20N2. The maximum atomic E-state index is 4.32. The van der Waals surface area contributed by atoms with E-state index < -0.39 is 0 Å². The number of aryl methyl sites for hydroxylation is 1. The number of benzene rings is 1. The van der Waals surface area contributed by atoms with Gasteiger partial charge in [0.05, 0.1) is 0 Å². The monoisotopic (exact) mass is 252 g/mol. The summed E-state index contributed by atoms with van der Waals surface area (Å²) in [5, 5.41) is 3.40. The van der Waals surface area contributed by atoms with Gasteiger partial charge in [0, 0.05) is 17.4 Å². The van der Waals surface area contributed by atoms with Crippen LogP contribution in [-0.4, -0.2) is 4.98 Å². The molecular weight excluding hydrogens is 232 g/mol. The molecule has 2 rings (SSSR count). The summed E-state index contributed by atoms with van der Waals surface area (Å²) >= 11 is 0. The van der Waals surface area contributed by atoms with E-state index in [-0.39, 0.29) is 0 Å². The summed E-state index contributed by atoms with van der Waals surface area (Å²) in [5.74, 6) is 0.874. The summed E-state index contributed by atoms with van der Waals surface area (Å²) < 4.78 is 0. The summed E-state index contributed by atoms with van der Waals surface area (Å²) in [6.07, 6.45) is 5.09. The predicted octanol–water partition coefficient (Wildman–Crippen LogP) is 4.95. The molecule has 0 spiro atoms. The van der Waals surface area contributed by atoms with Gasteiger partial charge in [-0.15, -0.1) is 0 Å². The van der Waals surface area contributed by atoms with Gasteiger partial charge in [-0.1, -0.05) is 31.2 Å². The van der Waals surface area contributed by atoms with E-state index in [0.29, 0.717) is 0 Å². The van der Waals surface area contributed by atoms with Gasteiger partial charge < -0.3 is 5.32 Å². The Balaban J connectivity index is 2.38. The molecule has 0 saturated heterocycles. The molecule has 0 aliphatic heterocycles. The zero-order valence-electron chi connectivity index (χ0n) is 11.8. The van der Waals surface area contributed by atoms with Gasteiger partial charge in [0.1, 0.15) is 5.82 Å². The van der Waals surface area contributed by atoms with Crippen molar-refractivity contribution in [2.45, 2.75) is 27.2 Å². The van der Waals surface area contributed by atoms with Crippen LogP contribution in [0.25, 0.3) is 5.57 Å². The van der Waals surface area contributed by atoms with E-state index in [4.69, 9.17) is 0 Å². The summed E-state index contributed by atoms with van der Waals surface area (Å²) in [4.78, 5) is 4.32. The van der Waals surface area contributed by atoms with Crippen molar-refractivity contribution < 1.29 is 0 Å². The second-order valence-corrected chi connectivity index (χ2v) is 4.68. The van der Waals surface area contributed by atoms with E-state index in [0.717, 1.165) is 17.9 Å². The first-order chi connectivity index (χ1) is 9.20. The Labute approximate surface area is 115 Å². The number of allylic oxidation sites excluding steroid dienone is 2. The van der Waals surface area contributed by atoms with Crippen molar-refractivity contribution in [3.63, 3.8) is 0 Å². The van der Waals surface area contributed by atoms with Gasteiger partial charge in [-0.3, -0.25) is 0 Å². The lowest BCUT2D eigenvalue weighted by Crippen LogP contribution is -1.97. The molecule has 1 N–H and O–H groups in total. The number of hydrogen-bond donors (Lipinski definition) is 1. The Morgan fingerprint density at radius 2 is 2.11 bits per heavy atom. The van der Waals surface area contributed by atoms with Crippen LogP contribution in [0.4, 0.5) is 11.5 Å². The summed E-state index contributed by atoms with van der Waals surface area (Å²) in [6.45, 7) is 6.41. The van der Waals surface area contributed by atoms with Crippen molar-refractivity contribution in [1.82, 2.24) is 4.98 Å². The smallest absolute Gasteiger partial charge is 0.130 e. The van der Waals surface area contributed by atoms with Gasteiger partial charge in [0.15, 0.2) is 0 Å². The molecule has 19 heavy (non-hydrogen) atoms. The van der Waals surface area contributed by atoms with Crippen molar-refractivity contribution in [1.29, 1.82) is 0 Å². The normalized spacial score (nSPS) is 11.4. The standard InChI is InChI=1S/C17H20N2/c1-4-7-14(3)15-10-9-13(2)12-16(15)19-17-8-5-6-11-18-17/h5-12H,4H2,1-3H3,(H,18,19)/b14-7-. The number of rotatable bonds is 4. The third-order valence-corrected chi connectivity index (χ3v) is 3.04. The topological polar surface area (TPSA) is 24.9 Å². The van der Waals surface area contributed by atoms with Crippen molar-refractivity contribution in [3.8, 4) is 0 Å². The molecule has 0 aliphatic rings. The highest BCUT2D eigenvalue weighted by molar-refractivity contribution is 5.78. The van der Waals surface area contributed by atoms with Crippen molar-refractivity contribution in [2.75, 3.05) is 5.32 Å². The van der Waals surface area contributed by atoms with Gasteiger partial charge in [0.2, 0.25) is 0 Å². The first-order valence-electron chi connectivity index (χ1n) is 6.66. The molecule has 0 fully saturated rings. The number of pyridine rings is 1. The highest BCUT2D eigenvalue weighted by Crippen LogP contribution is 2.27. The van der Waals surface area contributed by atoms with E-state index >= 15 is 0 Å². The molecule has 1 aromatic heterocycles. The summed E-state index contributed by atoms with van der Waals surface area (Å²) in [7, 11) is 0. The Kier molecular flexibility index (Phi) is 4.35. The average Bonchev–Trinajstić information content (AvgIpc) is 2.40. The minimum atomic E-state index is 0.874. The van der Waals surface area contributed by atoms with Crippen LogP contribution < -0.4 is 5.32 Å². The largest absolute Gasteiger partial charge is 0.340 e. The summed E-state index contributed by atoms with van der Waals surface area (Å²) in [5.41, 5.74) is 4.88. The zero-order valence-corrected chi connectivity index (χ0v) is 11.8. The van der Waals surface area contributed by atoms with Crippen LogP contribution in [-0.2, 0) is 0 Å². The molecule has 0 bridgehead atoms. The van der Waals surface area contributed by atoms with Gasteiger partial charge in [-0.25, -0.2) is 4.98 Å². The lowest BCUT2D eigenvalue weighted by atomic mass is 10.0. The first-order valence-corrected chi connectivity index (χ1v) is 6.66. The first kappa shape index (κ1) is 13.3. The fourth-order valence-electron chi connectivity index (χ4n) is 2.10. The van der Waals surface area contributed by atoms with Gasteiger partial charge in [-0.05, 0) is 49.6 Å². The van der Waals surface area contributed by atoms with Crippen LogP contribution in [0.5, 0.6) is 0 Å². The maximum Gasteiger partial charge on any atom is 0.130 e. The molecule has 0 unspecified atom stereocenters. The van der Waals surface area contributed by atoms with Crippen molar-refractivity contribution in [3.05, 3.63) is 59.8 Å². The van der Waals surface area contributed by atoms with Crippen LogP contribution in [0.3, 0.4) is 0 Å². The number of anilines is 2. The van der Waals surface area contributed by atoms with Crippen LogP contribution in [0.2, 0.25) is 0 Å². The predicted molar refractivity (Wildman–Crippen MR) is 82.6 cm³/mol. The van der Waals surface area contributed by atoms with E-state index in [1.165, 1.54) is 16.7 Å². The number of aromatic nitrogens is 1. The molecule has 0 atom stereocenters. The zero-order chi connectivity index (χ0) is 13.7. The van der Waals surface area contributed by atoms with Gasteiger partial charge >= 0.3 is 0 Å². The van der Waals surface area contributed by atoms with E-state index in [2.05, 4.69) is 55.3 Å². The lowest BCUT2D eigenvalue weighted by Gasteiger charge is -2.13. The van der Waals surface area contributed by atoms with E-state index in [9.17, 15) is 0 Å². The molecule has 1 heterocycles. The Hall–Kier alpha value is -2.09. The summed E-state index contributed by atoms with van der Waals surface area (Å²) in [6, 6.07) is 12.4. The van der Waals surface area contributed by atoms with Crippen LogP contribution in [0, 0.1) is 6.92 Å². The van der Waals surface area contributed by atoms with E-state index in [1.54, 1.807) is 6.20 Å². The SMILES string of the molecule is CC/C=C(/C)c1ccc(C)cc1Nc1ccccn1.